The van der Waals surface area contributed by atoms with Gasteiger partial charge in [0.25, 0.3) is 0 Å². The van der Waals surface area contributed by atoms with E-state index in [0.717, 1.165) is 11.2 Å². The van der Waals surface area contributed by atoms with Crippen molar-refractivity contribution in [2.45, 2.75) is 37.9 Å². The summed E-state index contributed by atoms with van der Waals surface area (Å²) in [5, 5.41) is 0.966. The summed E-state index contributed by atoms with van der Waals surface area (Å²) in [6.07, 6.45) is 8.33. The van der Waals surface area contributed by atoms with Crippen LogP contribution in [0, 0.1) is 5.92 Å². The molecule has 1 aliphatic heterocycles. The number of hydrogen-bond acceptors (Lipinski definition) is 1. The quantitative estimate of drug-likeness (QED) is 0.517. The molecule has 2 atom stereocenters. The normalized spacial score (nSPS) is 39.1. The summed E-state index contributed by atoms with van der Waals surface area (Å²) in [5.74, 6) is 0.943. The van der Waals surface area contributed by atoms with E-state index in [1.807, 2.05) is 0 Å². The molecule has 0 bridgehead atoms. The molecule has 1 heterocycles. The predicted octanol–water partition coefficient (Wildman–Crippen LogP) is 3.44. The van der Waals surface area contributed by atoms with E-state index < -0.39 is 0 Å². The van der Waals surface area contributed by atoms with Crippen molar-refractivity contribution in [3.63, 3.8) is 0 Å². The predicted molar refractivity (Wildman–Crippen MR) is 49.2 cm³/mol. The van der Waals surface area contributed by atoms with Crippen molar-refractivity contribution in [2.75, 3.05) is 0 Å². The van der Waals surface area contributed by atoms with Gasteiger partial charge in [0.15, 0.2) is 0 Å². The van der Waals surface area contributed by atoms with Crippen LogP contribution in [0.25, 0.3) is 0 Å². The van der Waals surface area contributed by atoms with Crippen LogP contribution in [0.3, 0.4) is 0 Å². The van der Waals surface area contributed by atoms with Crippen LogP contribution in [0.15, 0.2) is 11.0 Å². The van der Waals surface area contributed by atoms with Crippen LogP contribution in [-0.2, 0) is 0 Å². The fourth-order valence-electron chi connectivity index (χ4n) is 2.04. The highest BCUT2D eigenvalue weighted by Crippen LogP contribution is 2.43. The minimum Gasteiger partial charge on any atom is -0.127 e. The van der Waals surface area contributed by atoms with E-state index in [9.17, 15) is 0 Å². The molecule has 0 radical (unpaired) electrons. The second-order valence-electron chi connectivity index (χ2n) is 3.38. The average molecular weight is 156 g/mol. The zero-order valence-electron chi connectivity index (χ0n) is 6.47. The molecule has 10 heavy (non-hydrogen) atoms. The van der Waals surface area contributed by atoms with E-state index in [2.05, 4.69) is 24.8 Å². The van der Waals surface area contributed by atoms with Crippen LogP contribution in [0.5, 0.6) is 0 Å². The Labute approximate surface area is 68.6 Å². The molecule has 0 aromatic heterocycles. The molecular formula is C9H16S. The van der Waals surface area contributed by atoms with Crippen molar-refractivity contribution in [1.82, 2.24) is 0 Å². The summed E-state index contributed by atoms with van der Waals surface area (Å²) in [6.45, 7) is 2.25. The molecule has 2 rings (SSSR count). The lowest BCUT2D eigenvalue weighted by molar-refractivity contribution is 0.437. The van der Waals surface area contributed by atoms with Gasteiger partial charge in [-0.1, -0.05) is 18.9 Å². The zero-order chi connectivity index (χ0) is 6.97. The Balaban J connectivity index is 0.000000605. The van der Waals surface area contributed by atoms with Crippen LogP contribution in [-0.4, -0.2) is 5.25 Å². The lowest BCUT2D eigenvalue weighted by Gasteiger charge is -2.23. The maximum Gasteiger partial charge on any atom is 0.0154 e. The molecule has 0 nitrogen and oxygen atoms in total. The second-order valence-corrected chi connectivity index (χ2v) is 4.87. The Morgan fingerprint density at radius 3 is 3.10 bits per heavy atom. The average Bonchev–Trinajstić information content (AvgIpc) is 2.27. The third kappa shape index (κ3) is 1.12. The third-order valence-electron chi connectivity index (χ3n) is 2.54. The van der Waals surface area contributed by atoms with Gasteiger partial charge in [-0.15, -0.1) is 11.8 Å². The summed E-state index contributed by atoms with van der Waals surface area (Å²) in [7, 11) is 0. The first kappa shape index (κ1) is 6.78. The van der Waals surface area contributed by atoms with Crippen molar-refractivity contribution >= 4 is 11.8 Å². The van der Waals surface area contributed by atoms with Gasteiger partial charge in [-0.25, -0.2) is 0 Å². The lowest BCUT2D eigenvalue weighted by atomic mass is 9.89. The fourth-order valence-corrected chi connectivity index (χ4v) is 3.45. The molecule has 58 valence electrons. The van der Waals surface area contributed by atoms with Gasteiger partial charge in [-0.3, -0.25) is 0 Å². The van der Waals surface area contributed by atoms with Crippen LogP contribution in [0.1, 0.15) is 34.0 Å². The largest absolute Gasteiger partial charge is 0.127 e. The molecule has 0 saturated heterocycles. The minimum absolute atomic E-state index is 0. The summed E-state index contributed by atoms with van der Waals surface area (Å²) in [6, 6.07) is 0. The monoisotopic (exact) mass is 156 g/mol. The van der Waals surface area contributed by atoms with Crippen molar-refractivity contribution in [3.05, 3.63) is 11.0 Å². The van der Waals surface area contributed by atoms with Crippen molar-refractivity contribution < 1.29 is 1.43 Å². The summed E-state index contributed by atoms with van der Waals surface area (Å²) >= 11 is 2.11. The van der Waals surface area contributed by atoms with Gasteiger partial charge in [-0.05, 0) is 30.6 Å². The number of thioether (sulfide) groups is 1. The molecule has 0 spiro atoms. The summed E-state index contributed by atoms with van der Waals surface area (Å²) in [4.78, 5) is 1.57. The molecule has 0 aromatic carbocycles. The Hall–Kier alpha value is 0.0900. The smallest absolute Gasteiger partial charge is 0.0154 e. The van der Waals surface area contributed by atoms with Gasteiger partial charge in [0.2, 0.25) is 0 Å². The topological polar surface area (TPSA) is 0 Å². The van der Waals surface area contributed by atoms with Gasteiger partial charge < -0.3 is 0 Å². The van der Waals surface area contributed by atoms with E-state index in [-0.39, 0.29) is 1.43 Å². The van der Waals surface area contributed by atoms with Crippen molar-refractivity contribution in [3.8, 4) is 0 Å². The third-order valence-corrected chi connectivity index (χ3v) is 3.94. The Kier molecular flexibility index (Phi) is 1.77. The zero-order valence-corrected chi connectivity index (χ0v) is 7.29. The Bertz CT molecular complexity index is 165. The lowest BCUT2D eigenvalue weighted by Crippen LogP contribution is -2.15. The van der Waals surface area contributed by atoms with Crippen LogP contribution in [0.2, 0.25) is 0 Å². The second kappa shape index (κ2) is 2.61. The fraction of sp³-hybridized carbons (Fsp3) is 0.778. The molecule has 1 heteroatoms. The van der Waals surface area contributed by atoms with Crippen LogP contribution >= 0.6 is 11.8 Å². The highest BCUT2D eigenvalue weighted by atomic mass is 32.2. The molecular weight excluding hydrogens is 140 g/mol. The van der Waals surface area contributed by atoms with Gasteiger partial charge in [0, 0.05) is 6.68 Å². The Morgan fingerprint density at radius 2 is 2.30 bits per heavy atom. The van der Waals surface area contributed by atoms with Gasteiger partial charge >= 0.3 is 0 Å². The number of hydrogen-bond donors (Lipinski definition) is 0. The van der Waals surface area contributed by atoms with Gasteiger partial charge in [0.05, 0.1) is 0 Å². The molecule has 0 amide bonds. The highest BCUT2D eigenvalue weighted by Gasteiger charge is 2.28. The number of rotatable bonds is 0. The van der Waals surface area contributed by atoms with E-state index in [1.54, 1.807) is 4.91 Å². The van der Waals surface area contributed by atoms with Gasteiger partial charge in [-0.2, -0.15) is 0 Å². The van der Waals surface area contributed by atoms with Crippen molar-refractivity contribution in [1.29, 1.82) is 0 Å². The first-order valence-corrected chi connectivity index (χ1v) is 5.09. The summed E-state index contributed by atoms with van der Waals surface area (Å²) < 4.78 is 0. The van der Waals surface area contributed by atoms with E-state index in [0.29, 0.717) is 0 Å². The first-order valence-electron chi connectivity index (χ1n) is 4.21. The molecule has 1 fully saturated rings. The number of allylic oxidation sites excluding steroid dienone is 2. The standard InChI is InChI=1S/C9H14S.H2/c1-7-6-8-4-2-3-5-9(8)10-7;/h6,8-9H,2-5H2,1H3;1H. The molecule has 0 aromatic rings. The number of fused-ring (bicyclic) bond motifs is 1. The van der Waals surface area contributed by atoms with Crippen molar-refractivity contribution in [2.24, 2.45) is 5.92 Å². The van der Waals surface area contributed by atoms with E-state index in [1.165, 1.54) is 25.7 Å². The van der Waals surface area contributed by atoms with Gasteiger partial charge in [0.1, 0.15) is 0 Å². The molecule has 1 saturated carbocycles. The molecule has 0 N–H and O–H groups in total. The van der Waals surface area contributed by atoms with Crippen LogP contribution < -0.4 is 0 Å². The minimum atomic E-state index is 0. The first-order chi connectivity index (χ1) is 4.86. The van der Waals surface area contributed by atoms with E-state index in [4.69, 9.17) is 0 Å². The highest BCUT2D eigenvalue weighted by molar-refractivity contribution is 8.03. The maximum atomic E-state index is 2.48. The Morgan fingerprint density at radius 1 is 1.50 bits per heavy atom. The maximum absolute atomic E-state index is 2.48. The van der Waals surface area contributed by atoms with Crippen LogP contribution in [0.4, 0.5) is 0 Å². The molecule has 2 unspecified atom stereocenters. The van der Waals surface area contributed by atoms with E-state index >= 15 is 0 Å². The molecule has 2 aliphatic rings. The summed E-state index contributed by atoms with van der Waals surface area (Å²) in [5.41, 5.74) is 0. The SMILES string of the molecule is CC1=CC2CCCCC2S1.[HH]. The molecule has 1 aliphatic carbocycles.